The topological polar surface area (TPSA) is 17.8 Å². The van der Waals surface area contributed by atoms with E-state index < -0.39 is 0 Å². The quantitative estimate of drug-likeness (QED) is 0.657. The molecule has 0 amide bonds. The summed E-state index contributed by atoms with van der Waals surface area (Å²) in [5.41, 5.74) is 3.61. The molecule has 0 bridgehead atoms. The summed E-state index contributed by atoms with van der Waals surface area (Å²) in [4.78, 5) is 4.83. The van der Waals surface area contributed by atoms with Gasteiger partial charge in [0.2, 0.25) is 0 Å². The number of fused-ring (bicyclic) bond motifs is 1. The number of aromatic nitrogens is 2. The van der Waals surface area contributed by atoms with Gasteiger partial charge in [-0.05, 0) is 50.3 Å². The van der Waals surface area contributed by atoms with E-state index in [0.717, 1.165) is 17.3 Å². The predicted octanol–water partition coefficient (Wildman–Crippen LogP) is 5.79. The Balaban J connectivity index is 2.08. The van der Waals surface area contributed by atoms with Crippen molar-refractivity contribution >= 4 is 22.6 Å². The second-order valence-corrected chi connectivity index (χ2v) is 7.20. The summed E-state index contributed by atoms with van der Waals surface area (Å²) < 4.78 is 2.44. The molecule has 3 heteroatoms. The molecule has 2 aromatic rings. The van der Waals surface area contributed by atoms with Crippen molar-refractivity contribution in [3.8, 4) is 0 Å². The molecule has 1 saturated carbocycles. The van der Waals surface area contributed by atoms with Gasteiger partial charge in [0, 0.05) is 6.04 Å². The molecule has 1 heterocycles. The van der Waals surface area contributed by atoms with Crippen molar-refractivity contribution in [1.82, 2.24) is 9.55 Å². The maximum Gasteiger partial charge on any atom is 0.127 e. The summed E-state index contributed by atoms with van der Waals surface area (Å²) in [6.07, 6.45) is 6.52. The van der Waals surface area contributed by atoms with E-state index in [1.54, 1.807) is 0 Å². The highest BCUT2D eigenvalue weighted by Crippen LogP contribution is 2.38. The van der Waals surface area contributed by atoms with Crippen LogP contribution in [0.4, 0.5) is 0 Å². The molecular weight excluding hydrogens is 280 g/mol. The molecule has 3 rings (SSSR count). The third kappa shape index (κ3) is 2.83. The zero-order chi connectivity index (χ0) is 15.0. The van der Waals surface area contributed by atoms with Gasteiger partial charge in [0.1, 0.15) is 5.82 Å². The van der Waals surface area contributed by atoms with Crippen molar-refractivity contribution in [3.05, 3.63) is 29.6 Å². The Bertz CT molecular complexity index is 629. The molecule has 3 unspecified atom stereocenters. The number of alkyl halides is 1. The van der Waals surface area contributed by atoms with Crippen LogP contribution in [-0.4, -0.2) is 9.55 Å². The minimum Gasteiger partial charge on any atom is -0.324 e. The van der Waals surface area contributed by atoms with E-state index in [0.29, 0.717) is 6.04 Å². The summed E-state index contributed by atoms with van der Waals surface area (Å²) in [5.74, 6) is 1.89. The number of hydrogen-bond donors (Lipinski definition) is 0. The van der Waals surface area contributed by atoms with Crippen LogP contribution in [0.5, 0.6) is 0 Å². The van der Waals surface area contributed by atoms with Gasteiger partial charge in [-0.2, -0.15) is 0 Å². The lowest BCUT2D eigenvalue weighted by Crippen LogP contribution is -2.20. The Morgan fingerprint density at radius 1 is 1.38 bits per heavy atom. The van der Waals surface area contributed by atoms with Crippen molar-refractivity contribution in [2.75, 3.05) is 0 Å². The molecule has 1 aliphatic rings. The average Bonchev–Trinajstić information content (AvgIpc) is 2.86. The number of rotatable bonds is 3. The predicted molar refractivity (Wildman–Crippen MR) is 90.0 cm³/mol. The fraction of sp³-hybridized carbons (Fsp3) is 0.611. The molecule has 0 saturated heterocycles. The summed E-state index contributed by atoms with van der Waals surface area (Å²) in [6, 6.07) is 7.14. The molecule has 1 aromatic heterocycles. The van der Waals surface area contributed by atoms with Crippen LogP contribution in [0.1, 0.15) is 68.8 Å². The number of halogens is 1. The van der Waals surface area contributed by atoms with Crippen LogP contribution in [0.15, 0.2) is 18.2 Å². The molecule has 0 N–H and O–H groups in total. The second-order valence-electron chi connectivity index (χ2n) is 6.54. The maximum atomic E-state index is 6.43. The molecule has 2 nitrogen and oxygen atoms in total. The first-order valence-electron chi connectivity index (χ1n) is 8.22. The molecular formula is C18H25ClN2. The van der Waals surface area contributed by atoms with E-state index >= 15 is 0 Å². The summed E-state index contributed by atoms with van der Waals surface area (Å²) >= 11 is 6.43. The first kappa shape index (κ1) is 14.9. The Morgan fingerprint density at radius 3 is 2.90 bits per heavy atom. The third-order valence-electron chi connectivity index (χ3n) is 4.93. The minimum atomic E-state index is -0.0419. The highest BCUT2D eigenvalue weighted by Gasteiger charge is 2.26. The second kappa shape index (κ2) is 6.00. The van der Waals surface area contributed by atoms with Gasteiger partial charge in [-0.3, -0.25) is 0 Å². The zero-order valence-electron chi connectivity index (χ0n) is 13.3. The van der Waals surface area contributed by atoms with E-state index in [-0.39, 0.29) is 5.38 Å². The highest BCUT2D eigenvalue weighted by atomic mass is 35.5. The smallest absolute Gasteiger partial charge is 0.127 e. The van der Waals surface area contributed by atoms with Gasteiger partial charge in [0.25, 0.3) is 0 Å². The largest absolute Gasteiger partial charge is 0.324 e. The Kier molecular flexibility index (Phi) is 4.26. The summed E-state index contributed by atoms with van der Waals surface area (Å²) in [6.45, 7) is 6.47. The van der Waals surface area contributed by atoms with Gasteiger partial charge in [0.15, 0.2) is 0 Å². The molecule has 1 aliphatic carbocycles. The fourth-order valence-corrected chi connectivity index (χ4v) is 3.91. The standard InChI is InChI=1S/C18H25ClN2/c1-4-14-6-5-7-15(11-14)21-17-9-8-12(2)10-16(17)20-18(21)13(3)19/h8-10,13-15H,4-7,11H2,1-3H3. The zero-order valence-corrected chi connectivity index (χ0v) is 14.0. The SMILES string of the molecule is CCC1CCCC(n2c(C(C)Cl)nc3cc(C)ccc32)C1. The van der Waals surface area contributed by atoms with Gasteiger partial charge < -0.3 is 4.57 Å². The number of nitrogens with zero attached hydrogens (tertiary/aromatic N) is 2. The van der Waals surface area contributed by atoms with Crippen LogP contribution in [0.2, 0.25) is 0 Å². The monoisotopic (exact) mass is 304 g/mol. The molecule has 0 aliphatic heterocycles. The van der Waals surface area contributed by atoms with Gasteiger partial charge in [0.05, 0.1) is 16.4 Å². The lowest BCUT2D eigenvalue weighted by molar-refractivity contribution is 0.261. The van der Waals surface area contributed by atoms with Gasteiger partial charge >= 0.3 is 0 Å². The Labute approximate surface area is 132 Å². The molecule has 114 valence electrons. The van der Waals surface area contributed by atoms with E-state index in [9.17, 15) is 0 Å². The molecule has 1 aromatic carbocycles. The maximum absolute atomic E-state index is 6.43. The van der Waals surface area contributed by atoms with Crippen LogP contribution in [0, 0.1) is 12.8 Å². The Hall–Kier alpha value is -1.02. The van der Waals surface area contributed by atoms with Crippen LogP contribution >= 0.6 is 11.6 Å². The van der Waals surface area contributed by atoms with Crippen molar-refractivity contribution in [2.24, 2.45) is 5.92 Å². The third-order valence-corrected chi connectivity index (χ3v) is 5.12. The average molecular weight is 305 g/mol. The highest BCUT2D eigenvalue weighted by molar-refractivity contribution is 6.20. The Morgan fingerprint density at radius 2 is 2.19 bits per heavy atom. The van der Waals surface area contributed by atoms with Crippen LogP contribution in [0.3, 0.4) is 0 Å². The normalized spacial score (nSPS) is 24.4. The lowest BCUT2D eigenvalue weighted by Gasteiger charge is -2.31. The van der Waals surface area contributed by atoms with Crippen molar-refractivity contribution in [3.63, 3.8) is 0 Å². The van der Waals surface area contributed by atoms with Crippen LogP contribution < -0.4 is 0 Å². The first-order valence-corrected chi connectivity index (χ1v) is 8.66. The van der Waals surface area contributed by atoms with Gasteiger partial charge in [-0.25, -0.2) is 4.98 Å². The fourth-order valence-electron chi connectivity index (χ4n) is 3.76. The molecule has 0 radical (unpaired) electrons. The number of benzene rings is 1. The molecule has 1 fully saturated rings. The van der Waals surface area contributed by atoms with Gasteiger partial charge in [-0.1, -0.05) is 32.3 Å². The number of hydrogen-bond acceptors (Lipinski definition) is 1. The molecule has 21 heavy (non-hydrogen) atoms. The van der Waals surface area contributed by atoms with Crippen LogP contribution in [-0.2, 0) is 0 Å². The summed E-state index contributed by atoms with van der Waals surface area (Å²) in [5, 5.41) is -0.0419. The van der Waals surface area contributed by atoms with Crippen LogP contribution in [0.25, 0.3) is 11.0 Å². The van der Waals surface area contributed by atoms with Crippen molar-refractivity contribution in [1.29, 1.82) is 0 Å². The van der Waals surface area contributed by atoms with E-state index in [2.05, 4.69) is 36.6 Å². The minimum absolute atomic E-state index is 0.0419. The lowest BCUT2D eigenvalue weighted by atomic mass is 9.84. The van der Waals surface area contributed by atoms with Gasteiger partial charge in [-0.15, -0.1) is 11.6 Å². The molecule has 3 atom stereocenters. The van der Waals surface area contributed by atoms with E-state index in [4.69, 9.17) is 16.6 Å². The van der Waals surface area contributed by atoms with E-state index in [1.807, 2.05) is 6.92 Å². The van der Waals surface area contributed by atoms with E-state index in [1.165, 1.54) is 43.2 Å². The summed E-state index contributed by atoms with van der Waals surface area (Å²) in [7, 11) is 0. The first-order chi connectivity index (χ1) is 10.1. The van der Waals surface area contributed by atoms with Crippen molar-refractivity contribution < 1.29 is 0 Å². The van der Waals surface area contributed by atoms with Crippen molar-refractivity contribution in [2.45, 2.75) is 64.3 Å². The number of aryl methyl sites for hydroxylation is 1. The number of imidazole rings is 1. The molecule has 0 spiro atoms.